The number of anilines is 4. The summed E-state index contributed by atoms with van der Waals surface area (Å²) in [5.74, 6) is -12.6. The van der Waals surface area contributed by atoms with Crippen molar-refractivity contribution in [3.8, 4) is 34.5 Å². The molecule has 740 valence electrons. The number of hydrogen-bond acceptors (Lipinski definition) is 32. The molecule has 6 saturated heterocycles. The quantitative estimate of drug-likeness (QED) is 0.0225. The van der Waals surface area contributed by atoms with Crippen molar-refractivity contribution in [3.05, 3.63) is 162 Å². The third kappa shape index (κ3) is 21.2. The number of benzene rings is 3. The number of nitrogens with zero attached hydrogens (tertiary/aromatic N) is 8. The molecule has 0 bridgehead atoms. The second-order valence-electron chi connectivity index (χ2n) is 35.5. The van der Waals surface area contributed by atoms with Crippen molar-refractivity contribution >= 4 is 86.2 Å². The number of amides is 2. The zero-order valence-corrected chi connectivity index (χ0v) is 81.1. The van der Waals surface area contributed by atoms with Crippen molar-refractivity contribution in [2.45, 2.75) is 253 Å². The normalized spacial score (nSPS) is 25.1. The molecule has 0 aliphatic carbocycles. The van der Waals surface area contributed by atoms with Gasteiger partial charge in [-0.15, -0.1) is 0 Å². The Balaban J connectivity index is 0.000000160. The highest BCUT2D eigenvalue weighted by atomic mass is 35.5. The van der Waals surface area contributed by atoms with Crippen LogP contribution in [-0.2, 0) is 44.9 Å². The standard InChI is InChI=1S/C29H41F2N3O8Si2.C21H37F2N3O5Si2.C17H15F2N3O6.C9H11F2N3O4.C8H5ClO3/c1-16(2)43(17(3)4)39-14-23-25(41-44(42-43,18(5)6)19(7)8)29(30,31)27(40-23)34-12-11-24(33-28(34)36)32-26(35)20-9-10-21-22(13-20)38-15-37-21;1-12(2)32(13(3)4)28-11-16-18(30-33(31-32,14(5)6)15(7)8)21(22,23)19(29-16)26-10-9-17(24)25-20(26)27;18-17(19)6-10(7-23)28-15(17)22-4-3-13(21-16(22)25)20-14(24)9-1-2-11-12(5-9)27-8-26-11;10-9(11)6(16)4(3-15)18-7(9)14-2-1-5(12)13-8(14)17;9-8(10)5-1-2-6-7(3-5)12-4-11-6/h9-13,16-19,23,25,27H,14-15H2,1-8H3,(H,32,33,35,36);9-10,12-16,18-19H,11H2,1-8H3,(H2,24,25,27);1-5,10,15,23H,6-8H2,(H,20,21,24,25);1-2,4,6-7,15-16H,3H2,(H2,12,13,17);1-3H,4H2/t23-,25-,27-;16-,18-,19-;10-,15+;4-,6-,7-;/m1101./s1. The number of fused-ring (bicyclic) bond motifs is 5. The van der Waals surface area contributed by atoms with Crippen molar-refractivity contribution in [3.63, 3.8) is 0 Å². The lowest BCUT2D eigenvalue weighted by Gasteiger charge is -2.51. The van der Waals surface area contributed by atoms with Crippen LogP contribution in [0, 0.1) is 0 Å². The molecular formula is C84H109ClF8N12O26Si4. The second kappa shape index (κ2) is 41.1. The lowest BCUT2D eigenvalue weighted by atomic mass is 10.1. The topological polar surface area (TPSA) is 475 Å². The summed E-state index contributed by atoms with van der Waals surface area (Å²) in [5.41, 5.74) is 7.34. The van der Waals surface area contributed by atoms with Gasteiger partial charge in [0.15, 0.2) is 40.6 Å². The van der Waals surface area contributed by atoms with E-state index in [-0.39, 0.29) is 112 Å². The third-order valence-corrected chi connectivity index (χ3v) is 44.7. The Bertz CT molecular complexity index is 5660. The molecule has 0 saturated carbocycles. The van der Waals surface area contributed by atoms with Crippen molar-refractivity contribution < 1.29 is 138 Å². The average Bonchev–Trinajstić information content (AvgIpc) is 1.63. The van der Waals surface area contributed by atoms with Gasteiger partial charge in [-0.05, 0) is 135 Å². The summed E-state index contributed by atoms with van der Waals surface area (Å²) in [4.78, 5) is 99.2. The molecule has 4 aromatic heterocycles. The Labute approximate surface area is 777 Å². The summed E-state index contributed by atoms with van der Waals surface area (Å²) < 4.78 is 215. The van der Waals surface area contributed by atoms with Gasteiger partial charge in [-0.3, -0.25) is 32.7 Å². The van der Waals surface area contributed by atoms with Gasteiger partial charge in [-0.25, -0.2) is 28.0 Å². The van der Waals surface area contributed by atoms with Crippen LogP contribution in [-0.4, -0.2) is 218 Å². The van der Waals surface area contributed by atoms with E-state index in [0.717, 1.165) is 33.8 Å². The highest BCUT2D eigenvalue weighted by Crippen LogP contribution is 2.56. The van der Waals surface area contributed by atoms with Crippen molar-refractivity contribution in [2.24, 2.45) is 0 Å². The summed E-state index contributed by atoms with van der Waals surface area (Å²) in [6.45, 7) is 30.7. The number of ether oxygens (including phenoxy) is 10. The van der Waals surface area contributed by atoms with E-state index >= 15 is 17.6 Å². The van der Waals surface area contributed by atoms with Crippen LogP contribution in [0.1, 0.15) is 173 Å². The molecule has 13 heterocycles. The zero-order valence-electron chi connectivity index (χ0n) is 76.3. The minimum atomic E-state index is -3.71. The van der Waals surface area contributed by atoms with Gasteiger partial charge in [0.05, 0.1) is 32.5 Å². The smallest absolute Gasteiger partial charge is 0.351 e. The van der Waals surface area contributed by atoms with E-state index in [1.54, 1.807) is 30.3 Å². The third-order valence-electron chi connectivity index (χ3n) is 24.0. The molecule has 9 N–H and O–H groups in total. The molecule has 0 unspecified atom stereocenters. The Morgan fingerprint density at radius 1 is 0.437 bits per heavy atom. The zero-order chi connectivity index (χ0) is 99.1. The van der Waals surface area contributed by atoms with Gasteiger partial charge in [-0.1, -0.05) is 111 Å². The minimum absolute atomic E-state index is 0.0250. The number of aliphatic hydroxyl groups is 3. The Hall–Kier alpha value is -9.73. The van der Waals surface area contributed by atoms with E-state index in [0.29, 0.717) is 49.2 Å². The first-order chi connectivity index (χ1) is 63.3. The van der Waals surface area contributed by atoms with Gasteiger partial charge >= 0.3 is 74.8 Å². The number of rotatable bonds is 19. The van der Waals surface area contributed by atoms with E-state index in [4.69, 9.17) is 107 Å². The van der Waals surface area contributed by atoms with Gasteiger partial charge < -0.3 is 111 Å². The summed E-state index contributed by atoms with van der Waals surface area (Å²) in [7, 11) is -12.5. The average molecular weight is 2000 g/mol. The number of carbonyl (C=O) groups excluding carboxylic acids is 3. The first kappa shape index (κ1) is 104. The molecule has 9 aliphatic heterocycles. The Morgan fingerprint density at radius 2 is 0.763 bits per heavy atom. The maximum atomic E-state index is 16.3. The molecule has 3 aromatic carbocycles. The van der Waals surface area contributed by atoms with Crippen LogP contribution in [0.4, 0.5) is 58.4 Å². The monoisotopic (exact) mass is 2000 g/mol. The molecule has 38 nitrogen and oxygen atoms in total. The molecule has 6 fully saturated rings. The Kier molecular flexibility index (Phi) is 31.7. The number of halogens is 9. The fourth-order valence-corrected chi connectivity index (χ4v) is 39.5. The van der Waals surface area contributed by atoms with Crippen LogP contribution in [0.15, 0.2) is 123 Å². The predicted molar refractivity (Wildman–Crippen MR) is 474 cm³/mol. The first-order valence-corrected chi connectivity index (χ1v) is 51.5. The molecule has 0 spiro atoms. The van der Waals surface area contributed by atoms with Gasteiger partial charge in [0.2, 0.25) is 45.3 Å². The van der Waals surface area contributed by atoms with Crippen LogP contribution in [0.25, 0.3) is 0 Å². The van der Waals surface area contributed by atoms with E-state index in [9.17, 15) is 56.2 Å². The summed E-state index contributed by atoms with van der Waals surface area (Å²) in [6, 6.07) is 18.9. The number of nitrogens with two attached hydrogens (primary N) is 2. The maximum Gasteiger partial charge on any atom is 0.351 e. The first-order valence-electron chi connectivity index (χ1n) is 43.3. The van der Waals surface area contributed by atoms with Crippen molar-refractivity contribution in [2.75, 3.05) is 68.9 Å². The molecular weight excluding hydrogens is 1890 g/mol. The number of aliphatic hydroxyl groups excluding tert-OH is 3. The highest BCUT2D eigenvalue weighted by molar-refractivity contribution is 6.84. The number of aromatic nitrogens is 8. The van der Waals surface area contributed by atoms with Crippen LogP contribution < -0.4 is 73.3 Å². The molecule has 11 atom stereocenters. The SMILES string of the molecule is CC(C)[Si]1(C(C)C)OC[C@H]2O[C@@H](n3ccc(N)nc3=O)C(F)(F)[C@@H]2O[Si](C(C)C)(C(C)C)O1.CC(C)[Si]1(C(C)C)OC[C@H]2O[C@@H](n3ccc(NC(=O)c4ccc5c(c4)OCO5)nc3=O)C(F)(F)[C@@H]2O[Si](C(C)C)(C(C)C)O1.Nc1ccn([C@@H]2O[C@H](CO)[C@@H](O)C2(F)F)c(=O)n1.O=C(Cl)c1ccc2c(c1)OCO2.O=C(Nc1ccn([C@@H]2O[C@H](CO)CC2(F)F)c(=O)n1)c1ccc2c(c1)OCO2. The van der Waals surface area contributed by atoms with Gasteiger partial charge in [0, 0.05) is 47.9 Å². The minimum Gasteiger partial charge on any atom is -0.454 e. The van der Waals surface area contributed by atoms with E-state index < -0.39 is 185 Å². The number of hydrogen-bond donors (Lipinski definition) is 7. The van der Waals surface area contributed by atoms with Crippen LogP contribution in [0.2, 0.25) is 44.3 Å². The van der Waals surface area contributed by atoms with Crippen molar-refractivity contribution in [1.82, 2.24) is 38.2 Å². The van der Waals surface area contributed by atoms with Crippen LogP contribution in [0.5, 0.6) is 34.5 Å². The van der Waals surface area contributed by atoms with Crippen molar-refractivity contribution in [1.29, 1.82) is 0 Å². The molecule has 51 heteroatoms. The fourth-order valence-electron chi connectivity index (χ4n) is 17.0. The largest absolute Gasteiger partial charge is 0.454 e. The fraction of sp³-hybridized carbons (Fsp3) is 0.560. The van der Waals surface area contributed by atoms with Gasteiger partial charge in [0.25, 0.3) is 23.0 Å². The van der Waals surface area contributed by atoms with E-state index in [2.05, 4.69) is 58.3 Å². The van der Waals surface area contributed by atoms with Gasteiger partial charge in [-0.2, -0.15) is 46.3 Å². The lowest BCUT2D eigenvalue weighted by Crippen LogP contribution is -2.66. The number of alkyl halides is 8. The van der Waals surface area contributed by atoms with Crippen LogP contribution >= 0.6 is 11.6 Å². The van der Waals surface area contributed by atoms with E-state index in [1.807, 2.05) is 83.1 Å². The summed E-state index contributed by atoms with van der Waals surface area (Å²) in [6.07, 6.45) is -14.4. The van der Waals surface area contributed by atoms with E-state index in [1.165, 1.54) is 48.7 Å². The molecule has 135 heavy (non-hydrogen) atoms. The number of nitrogen functional groups attached to an aromatic ring is 2. The molecule has 2 amide bonds. The predicted octanol–water partition coefficient (Wildman–Crippen LogP) is 11.7. The summed E-state index contributed by atoms with van der Waals surface area (Å²) >= 11 is 5.27. The number of carbonyl (C=O) groups is 3. The lowest BCUT2D eigenvalue weighted by molar-refractivity contribution is -0.140. The molecule has 9 aliphatic rings. The molecule has 7 aromatic rings. The Morgan fingerprint density at radius 3 is 1.08 bits per heavy atom. The molecule has 0 radical (unpaired) electrons. The molecule has 16 rings (SSSR count). The van der Waals surface area contributed by atoms with Crippen LogP contribution in [0.3, 0.4) is 0 Å². The van der Waals surface area contributed by atoms with Gasteiger partial charge in [0.1, 0.15) is 53.8 Å². The second-order valence-corrected chi connectivity index (χ2v) is 53.5. The maximum absolute atomic E-state index is 16.3. The number of nitrogens with one attached hydrogen (secondary N) is 2. The highest BCUT2D eigenvalue weighted by Gasteiger charge is 2.70. The summed E-state index contributed by atoms with van der Waals surface area (Å²) in [5, 5.41) is 31.6.